The third-order valence-corrected chi connectivity index (χ3v) is 10.2. The zero-order valence-corrected chi connectivity index (χ0v) is 33.8. The quantitative estimate of drug-likeness (QED) is 0.0153. The van der Waals surface area contributed by atoms with Gasteiger partial charge in [0.1, 0.15) is 36.8 Å². The Morgan fingerprint density at radius 3 is 2.06 bits per heavy atom. The molecule has 0 fully saturated rings. The van der Waals surface area contributed by atoms with E-state index in [1.54, 1.807) is 13.8 Å². The fourth-order valence-corrected chi connectivity index (χ4v) is 7.31. The van der Waals surface area contributed by atoms with E-state index in [2.05, 4.69) is 21.3 Å². The molecule has 1 aliphatic rings. The monoisotopic (exact) mass is 884 g/mol. The van der Waals surface area contributed by atoms with Gasteiger partial charge in [-0.15, -0.1) is 0 Å². The first-order chi connectivity index (χ1) is 29.0. The first-order valence-electron chi connectivity index (χ1n) is 18.9. The molecule has 0 saturated carbocycles. The molecule has 2 atom stereocenters. The Morgan fingerprint density at radius 2 is 1.48 bits per heavy atom. The van der Waals surface area contributed by atoms with Crippen LogP contribution in [0.15, 0.2) is 91.0 Å². The van der Waals surface area contributed by atoms with E-state index in [0.717, 1.165) is 34.4 Å². The van der Waals surface area contributed by atoms with Crippen LogP contribution in [0.1, 0.15) is 54.9 Å². The van der Waals surface area contributed by atoms with Crippen LogP contribution in [0.5, 0.6) is 5.75 Å². The number of rotatable bonds is 18. The maximum absolute atomic E-state index is 13.7. The summed E-state index contributed by atoms with van der Waals surface area (Å²) in [5.41, 5.74) is 9.11. The van der Waals surface area contributed by atoms with Gasteiger partial charge in [0.05, 0.1) is 4.92 Å². The number of hydrogen-bond donors (Lipinski definition) is 6. The second kappa shape index (κ2) is 22.2. The zero-order valence-electron chi connectivity index (χ0n) is 33.0. The molecule has 324 valence electrons. The number of fused-ring (bicyclic) bond motifs is 3. The minimum atomic E-state index is -4.65. The third kappa shape index (κ3) is 13.7. The van der Waals surface area contributed by atoms with E-state index in [1.165, 1.54) is 30.3 Å². The summed E-state index contributed by atoms with van der Waals surface area (Å²) in [6.45, 7) is 2.90. The van der Waals surface area contributed by atoms with Gasteiger partial charge in [0, 0.05) is 30.3 Å². The molecule has 5 amide bonds. The number of amides is 5. The SMILES string of the molecule is CC(C)[C@H](NC(=O)OCC1c2ccccc2-c2ccccc21)C(=O)N[C@@H](CCCNC(N)=O)C(=O)Nc1ccc(COC(=O)Oc2ccc([N+](=O)[O-])cc2)c(CS(=O)(=O)O)c1.[NaH]. The van der Waals surface area contributed by atoms with Crippen molar-refractivity contribution in [1.29, 1.82) is 0 Å². The predicted molar refractivity (Wildman–Crippen MR) is 227 cm³/mol. The molecule has 0 bridgehead atoms. The van der Waals surface area contributed by atoms with Crippen LogP contribution in [0, 0.1) is 16.0 Å². The molecule has 62 heavy (non-hydrogen) atoms. The van der Waals surface area contributed by atoms with Crippen molar-refractivity contribution in [2.45, 2.75) is 57.1 Å². The molecule has 7 N–H and O–H groups in total. The van der Waals surface area contributed by atoms with E-state index < -0.39 is 75.5 Å². The number of carbonyl (C=O) groups excluding carboxylic acids is 5. The van der Waals surface area contributed by atoms with Gasteiger partial charge in [-0.2, -0.15) is 8.42 Å². The molecule has 5 rings (SSSR count). The fraction of sp³-hybridized carbons (Fsp3) is 0.293. The van der Waals surface area contributed by atoms with Crippen LogP contribution >= 0.6 is 0 Å². The molecule has 0 heterocycles. The van der Waals surface area contributed by atoms with Crippen LogP contribution in [0.25, 0.3) is 11.1 Å². The van der Waals surface area contributed by atoms with Crippen molar-refractivity contribution in [2.75, 3.05) is 18.5 Å². The minimum absolute atomic E-state index is 0. The number of primary amides is 1. The number of urea groups is 1. The summed E-state index contributed by atoms with van der Waals surface area (Å²) in [4.78, 5) is 74.5. The normalized spacial score (nSPS) is 12.6. The zero-order chi connectivity index (χ0) is 44.3. The molecule has 0 radical (unpaired) electrons. The fourth-order valence-electron chi connectivity index (χ4n) is 6.65. The Hall–Kier alpha value is -6.06. The van der Waals surface area contributed by atoms with Crippen LogP contribution in [0.2, 0.25) is 0 Å². The Labute approximate surface area is 378 Å². The molecular formula is C41H45N6NaO13S. The average molecular weight is 885 g/mol. The summed E-state index contributed by atoms with van der Waals surface area (Å²) in [6.07, 6.45) is -1.92. The van der Waals surface area contributed by atoms with Crippen molar-refractivity contribution < 1.29 is 56.1 Å². The van der Waals surface area contributed by atoms with Crippen LogP contribution in [-0.2, 0) is 41.5 Å². The number of hydrogen-bond acceptors (Lipinski definition) is 12. The summed E-state index contributed by atoms with van der Waals surface area (Å²) in [5, 5.41) is 21.2. The number of nitro benzene ring substituents is 1. The molecule has 4 aromatic carbocycles. The maximum atomic E-state index is 13.7. The summed E-state index contributed by atoms with van der Waals surface area (Å²) in [6, 6.07) is 20.9. The number of nitrogens with one attached hydrogen (secondary N) is 4. The van der Waals surface area contributed by atoms with Gasteiger partial charge in [0.25, 0.3) is 15.8 Å². The van der Waals surface area contributed by atoms with Gasteiger partial charge in [-0.3, -0.25) is 24.3 Å². The summed E-state index contributed by atoms with van der Waals surface area (Å²) < 4.78 is 49.3. The van der Waals surface area contributed by atoms with Crippen molar-refractivity contribution in [1.82, 2.24) is 16.0 Å². The Kier molecular flexibility index (Phi) is 17.4. The van der Waals surface area contributed by atoms with Gasteiger partial charge in [-0.25, -0.2) is 14.4 Å². The van der Waals surface area contributed by atoms with E-state index in [4.69, 9.17) is 19.9 Å². The molecule has 0 unspecified atom stereocenters. The number of anilines is 1. The average Bonchev–Trinajstić information content (AvgIpc) is 3.52. The molecule has 0 aromatic heterocycles. The van der Waals surface area contributed by atoms with E-state index in [-0.39, 0.29) is 89.7 Å². The molecule has 0 saturated heterocycles. The van der Waals surface area contributed by atoms with E-state index in [0.29, 0.717) is 0 Å². The number of non-ortho nitro benzene ring substituents is 1. The van der Waals surface area contributed by atoms with E-state index >= 15 is 0 Å². The predicted octanol–water partition coefficient (Wildman–Crippen LogP) is 4.48. The van der Waals surface area contributed by atoms with Crippen molar-refractivity contribution in [3.05, 3.63) is 123 Å². The molecule has 0 aliphatic heterocycles. The number of nitrogens with two attached hydrogens (primary N) is 1. The van der Waals surface area contributed by atoms with E-state index in [9.17, 15) is 47.1 Å². The molecule has 4 aromatic rings. The number of nitro groups is 1. The molecule has 19 nitrogen and oxygen atoms in total. The van der Waals surface area contributed by atoms with Gasteiger partial charge in [-0.1, -0.05) is 68.4 Å². The van der Waals surface area contributed by atoms with Crippen LogP contribution < -0.4 is 31.7 Å². The summed E-state index contributed by atoms with van der Waals surface area (Å²) in [5.74, 6) is -3.17. The van der Waals surface area contributed by atoms with Crippen LogP contribution in [0.4, 0.5) is 25.8 Å². The van der Waals surface area contributed by atoms with Gasteiger partial charge in [0.2, 0.25) is 11.8 Å². The molecular weight excluding hydrogens is 840 g/mol. The van der Waals surface area contributed by atoms with Crippen molar-refractivity contribution in [3.8, 4) is 16.9 Å². The van der Waals surface area contributed by atoms with Gasteiger partial charge in [-0.05, 0) is 76.4 Å². The summed E-state index contributed by atoms with van der Waals surface area (Å²) >= 11 is 0. The Morgan fingerprint density at radius 1 is 0.855 bits per heavy atom. The van der Waals surface area contributed by atoms with Crippen molar-refractivity contribution in [2.24, 2.45) is 11.7 Å². The molecule has 21 heteroatoms. The second-order valence-corrected chi connectivity index (χ2v) is 15.7. The van der Waals surface area contributed by atoms with Gasteiger partial charge in [0.15, 0.2) is 0 Å². The standard InChI is InChI=1S/C41H44N6O13S.Na.H/c1-24(2)36(46-40(51)58-22-34-32-10-5-3-8-30(32)31-9-4-6-11-33(31)34)38(49)45-35(12-7-19-43-39(42)50)37(48)44-27-14-13-25(26(20-27)23-61(55,56)57)21-59-41(52)60-29-17-15-28(16-18-29)47(53)54;;/h3-6,8-11,13-18,20,24,34-36H,7,12,19,21-23H2,1-2H3,(H,44,48)(H,45,49)(H,46,51)(H3,42,43,50)(H,55,56,57);;/t35-,36-;;/m0../s1. The number of nitrogens with zero attached hydrogens (tertiary/aromatic N) is 1. The van der Waals surface area contributed by atoms with Crippen molar-refractivity contribution in [3.63, 3.8) is 0 Å². The second-order valence-electron chi connectivity index (χ2n) is 14.3. The summed E-state index contributed by atoms with van der Waals surface area (Å²) in [7, 11) is -4.65. The molecule has 0 spiro atoms. The third-order valence-electron chi connectivity index (χ3n) is 9.57. The number of carbonyl (C=O) groups is 5. The molecule has 1 aliphatic carbocycles. The number of ether oxygens (including phenoxy) is 3. The van der Waals surface area contributed by atoms with Crippen molar-refractivity contribution >= 4 is 81.1 Å². The Balaban J connectivity index is 0.00000845. The number of benzene rings is 4. The first-order valence-corrected chi connectivity index (χ1v) is 20.5. The van der Waals surface area contributed by atoms with Gasteiger partial charge >= 0.3 is 47.8 Å². The number of alkyl carbamates (subject to hydrolysis) is 1. The van der Waals surface area contributed by atoms with Crippen LogP contribution in [0.3, 0.4) is 0 Å². The van der Waals surface area contributed by atoms with Crippen LogP contribution in [-0.4, -0.2) is 103 Å². The topological polar surface area (TPSA) is 285 Å². The first kappa shape index (κ1) is 48.6. The Bertz CT molecular complexity index is 2350. The van der Waals surface area contributed by atoms with E-state index in [1.807, 2.05) is 48.5 Å². The van der Waals surface area contributed by atoms with Gasteiger partial charge < -0.3 is 41.2 Å².